The normalized spacial score (nSPS) is 14.8. The van der Waals surface area contributed by atoms with Gasteiger partial charge in [0.25, 0.3) is 5.91 Å². The first-order valence-electron chi connectivity index (χ1n) is 24.9. The Balaban J connectivity index is 0.716. The number of alkyl halides is 3. The Labute approximate surface area is 443 Å². The van der Waals surface area contributed by atoms with Crippen LogP contribution in [0.5, 0.6) is 5.75 Å². The number of piperidine rings is 1. The van der Waals surface area contributed by atoms with E-state index in [0.717, 1.165) is 71.4 Å². The van der Waals surface area contributed by atoms with Gasteiger partial charge in [0.05, 0.1) is 82.3 Å². The summed E-state index contributed by atoms with van der Waals surface area (Å²) in [5, 5.41) is 23.4. The molecule has 0 bridgehead atoms. The molecule has 0 saturated carbocycles. The number of carbonyl (C=O) groups is 2. The van der Waals surface area contributed by atoms with Crippen molar-refractivity contribution in [1.82, 2.24) is 34.9 Å². The number of halogens is 4. The molecular formula is C54H62ClF3N10O6S. The second kappa shape index (κ2) is 25.4. The number of fused-ring (bicyclic) bond motifs is 4. The summed E-state index contributed by atoms with van der Waals surface area (Å²) in [6.07, 6.45) is -2.64. The summed E-state index contributed by atoms with van der Waals surface area (Å²) < 4.78 is 67.5. The van der Waals surface area contributed by atoms with Gasteiger partial charge in [0.15, 0.2) is 5.82 Å². The quantitative estimate of drug-likeness (QED) is 0.0381. The molecule has 3 aromatic carbocycles. The molecule has 0 radical (unpaired) electrons. The number of hydrogen-bond acceptors (Lipinski definition) is 13. The predicted molar refractivity (Wildman–Crippen MR) is 286 cm³/mol. The molecule has 75 heavy (non-hydrogen) atoms. The summed E-state index contributed by atoms with van der Waals surface area (Å²) in [7, 11) is 3.02. The van der Waals surface area contributed by atoms with Crippen LogP contribution in [0.3, 0.4) is 0 Å². The lowest BCUT2D eigenvalue weighted by atomic mass is 9.99. The first-order chi connectivity index (χ1) is 36.2. The summed E-state index contributed by atoms with van der Waals surface area (Å²) >= 11 is 7.90. The highest BCUT2D eigenvalue weighted by molar-refractivity contribution is 7.15. The lowest BCUT2D eigenvalue weighted by molar-refractivity contribution is -0.140. The van der Waals surface area contributed by atoms with Crippen molar-refractivity contribution in [3.63, 3.8) is 0 Å². The molecule has 0 spiro atoms. The number of nitrogens with zero attached hydrogens (tertiary/aromatic N) is 6. The Morgan fingerprint density at radius 2 is 1.64 bits per heavy atom. The van der Waals surface area contributed by atoms with Gasteiger partial charge in [0, 0.05) is 76.9 Å². The van der Waals surface area contributed by atoms with Crippen LogP contribution in [-0.2, 0) is 25.5 Å². The van der Waals surface area contributed by atoms with Gasteiger partial charge in [-0.05, 0) is 93.6 Å². The second-order valence-corrected chi connectivity index (χ2v) is 19.8. The van der Waals surface area contributed by atoms with Gasteiger partial charge in [-0.3, -0.25) is 19.1 Å². The molecule has 2 amide bonds. The predicted octanol–water partition coefficient (Wildman–Crippen LogP) is 8.28. The van der Waals surface area contributed by atoms with Crippen molar-refractivity contribution in [1.29, 1.82) is 0 Å². The van der Waals surface area contributed by atoms with Gasteiger partial charge in [0.1, 0.15) is 29.2 Å². The molecule has 6 aromatic rings. The zero-order valence-electron chi connectivity index (χ0n) is 42.7. The molecular weight excluding hydrogens is 1010 g/mol. The fourth-order valence-electron chi connectivity index (χ4n) is 9.16. The van der Waals surface area contributed by atoms with Crippen LogP contribution in [0.1, 0.15) is 74.6 Å². The van der Waals surface area contributed by atoms with Gasteiger partial charge in [0.2, 0.25) is 5.91 Å². The van der Waals surface area contributed by atoms with Crippen LogP contribution in [-0.4, -0.2) is 140 Å². The highest BCUT2D eigenvalue weighted by Crippen LogP contribution is 2.40. The van der Waals surface area contributed by atoms with Gasteiger partial charge >= 0.3 is 6.18 Å². The molecule has 2 aliphatic rings. The zero-order chi connectivity index (χ0) is 53.1. The molecule has 8 rings (SSSR count). The number of rotatable bonds is 22. The maximum Gasteiger partial charge on any atom is 0.406 e. The van der Waals surface area contributed by atoms with Crippen molar-refractivity contribution in [2.24, 2.45) is 4.99 Å². The average Bonchev–Trinajstić information content (AvgIpc) is 4.02. The number of methoxy groups -OCH3 is 1. The Morgan fingerprint density at radius 3 is 2.36 bits per heavy atom. The number of aryl methyl sites for hydroxylation is 2. The highest BCUT2D eigenvalue weighted by Gasteiger charge is 2.33. The maximum atomic E-state index is 13.9. The molecule has 398 valence electrons. The van der Waals surface area contributed by atoms with Crippen molar-refractivity contribution < 1.29 is 41.7 Å². The second-order valence-electron chi connectivity index (χ2n) is 18.2. The van der Waals surface area contributed by atoms with Gasteiger partial charge in [-0.25, -0.2) is 0 Å². The van der Waals surface area contributed by atoms with Gasteiger partial charge in [-0.15, -0.1) is 21.5 Å². The molecule has 16 nitrogen and oxygen atoms in total. The van der Waals surface area contributed by atoms with Crippen molar-refractivity contribution in [3.05, 3.63) is 116 Å². The lowest BCUT2D eigenvalue weighted by Gasteiger charge is -2.32. The molecule has 1 atom stereocenters. The van der Waals surface area contributed by atoms with E-state index in [1.54, 1.807) is 47.7 Å². The third-order valence-electron chi connectivity index (χ3n) is 13.1. The van der Waals surface area contributed by atoms with E-state index >= 15 is 0 Å². The minimum Gasteiger partial charge on any atom is -0.495 e. The van der Waals surface area contributed by atoms with Gasteiger partial charge in [-0.2, -0.15) is 13.2 Å². The molecule has 1 fully saturated rings. The Morgan fingerprint density at radius 1 is 0.907 bits per heavy atom. The number of carbonyl (C=O) groups excluding carboxylic acids is 2. The summed E-state index contributed by atoms with van der Waals surface area (Å²) in [6, 6.07) is 19.2. The highest BCUT2D eigenvalue weighted by atomic mass is 35.5. The average molecular weight is 1070 g/mol. The third kappa shape index (κ3) is 13.9. The molecule has 5 heterocycles. The standard InChI is InChI=1S/C54H62ClF3N10O6S/c1-34-35(2)75-53-49(34)50(37-11-14-39(55)15-12-37)63-45(51-65-64-36(3)68(51)53)32-48(69)61-20-24-72-26-28-74-29-27-73-25-23-66-21-17-40(18-22-66)62-43-9-6-10-46-42(43)31-41(67(46)33-54(56,57)58)8-7-19-60-44-16-13-38(52(70)59-4)30-47(44)71-5/h6,9-16,30-31,40,45,60,62H,17-29,32-33H2,1-5H3,(H,59,70)(H,61,69)/t45-/m0/s1. The van der Waals surface area contributed by atoms with Crippen molar-refractivity contribution in [2.75, 3.05) is 97.2 Å². The number of aromatic nitrogens is 4. The largest absolute Gasteiger partial charge is 0.495 e. The number of hydrogen-bond donors (Lipinski definition) is 4. The first-order valence-corrected chi connectivity index (χ1v) is 26.1. The Hall–Kier alpha value is -6.47. The zero-order valence-corrected chi connectivity index (χ0v) is 44.2. The number of aliphatic imine (C=N–C) groups is 1. The van der Waals surface area contributed by atoms with Crippen LogP contribution in [0.2, 0.25) is 5.02 Å². The van der Waals surface area contributed by atoms with Gasteiger partial charge < -0.3 is 49.7 Å². The smallest absolute Gasteiger partial charge is 0.406 e. The number of amides is 2. The van der Waals surface area contributed by atoms with Crippen molar-refractivity contribution >= 4 is 62.7 Å². The van der Waals surface area contributed by atoms with E-state index in [2.05, 4.69) is 62.1 Å². The number of thiophene rings is 1. The summed E-state index contributed by atoms with van der Waals surface area (Å²) in [5.74, 6) is 7.26. The number of ether oxygens (including phenoxy) is 4. The van der Waals surface area contributed by atoms with E-state index in [1.807, 2.05) is 41.8 Å². The van der Waals surface area contributed by atoms with E-state index in [9.17, 15) is 22.8 Å². The molecule has 4 N–H and O–H groups in total. The molecule has 0 aliphatic carbocycles. The monoisotopic (exact) mass is 1070 g/mol. The molecule has 1 saturated heterocycles. The van der Waals surface area contributed by atoms with Crippen LogP contribution in [0, 0.1) is 32.6 Å². The summed E-state index contributed by atoms with van der Waals surface area (Å²) in [6.45, 7) is 10.4. The van der Waals surface area contributed by atoms with Crippen LogP contribution in [0.4, 0.5) is 24.5 Å². The molecule has 0 unspecified atom stereocenters. The van der Waals surface area contributed by atoms with Crippen LogP contribution < -0.4 is 26.0 Å². The Kier molecular flexibility index (Phi) is 18.5. The topological polar surface area (TPSA) is 170 Å². The van der Waals surface area contributed by atoms with Crippen LogP contribution in [0.25, 0.3) is 15.9 Å². The SMILES string of the molecule is CNC(=O)c1ccc(NCC#Cc2cc3c(NC4CCN(CCOCCOCCOCCNC(=O)C[C@@H]5N=C(c6ccc(Cl)cc6)c6c(sc(C)c6C)-n6c(C)nnc65)CC4)cccc3n2CC(F)(F)F)c(OC)c1. The van der Waals surface area contributed by atoms with Crippen LogP contribution >= 0.6 is 22.9 Å². The van der Waals surface area contributed by atoms with Crippen molar-refractivity contribution in [2.45, 2.75) is 64.8 Å². The minimum absolute atomic E-state index is 0.0884. The van der Waals surface area contributed by atoms with E-state index in [-0.39, 0.29) is 36.5 Å². The number of nitrogens with one attached hydrogen (secondary N) is 4. The number of anilines is 2. The van der Waals surface area contributed by atoms with E-state index < -0.39 is 18.8 Å². The van der Waals surface area contributed by atoms with Gasteiger partial charge in [-0.1, -0.05) is 35.7 Å². The molecule has 2 aliphatic heterocycles. The fourth-order valence-corrected chi connectivity index (χ4v) is 10.5. The maximum absolute atomic E-state index is 13.9. The summed E-state index contributed by atoms with van der Waals surface area (Å²) in [4.78, 5) is 34.0. The van der Waals surface area contributed by atoms with E-state index in [1.165, 1.54) is 23.6 Å². The lowest BCUT2D eigenvalue weighted by Crippen LogP contribution is -2.40. The number of likely N-dealkylation sites (tertiary alicyclic amines) is 1. The molecule has 3 aromatic heterocycles. The van der Waals surface area contributed by atoms with Crippen molar-refractivity contribution in [3.8, 4) is 22.6 Å². The van der Waals surface area contributed by atoms with E-state index in [0.29, 0.717) is 84.9 Å². The molecule has 21 heteroatoms. The minimum atomic E-state index is -4.45. The third-order valence-corrected chi connectivity index (χ3v) is 14.5. The van der Waals surface area contributed by atoms with E-state index in [4.69, 9.17) is 35.5 Å². The number of benzene rings is 3. The summed E-state index contributed by atoms with van der Waals surface area (Å²) in [5.41, 5.74) is 6.32. The van der Waals surface area contributed by atoms with Crippen LogP contribution in [0.15, 0.2) is 71.7 Å². The first kappa shape index (κ1) is 54.8. The Bertz CT molecular complexity index is 3050. The fraction of sp³-hybridized carbons (Fsp3) is 0.426.